The smallest absolute Gasteiger partial charge is 0.336 e. The molecule has 0 atom stereocenters. The molecule has 0 radical (unpaired) electrons. The van der Waals surface area contributed by atoms with Gasteiger partial charge in [-0.15, -0.1) is 0 Å². The van der Waals surface area contributed by atoms with Crippen LogP contribution in [0.5, 0.6) is 0 Å². The summed E-state index contributed by atoms with van der Waals surface area (Å²) in [6.07, 6.45) is 7.74. The maximum atomic E-state index is 11.8. The quantitative estimate of drug-likeness (QED) is 0.143. The molecule has 2 aromatic carbocycles. The number of nitrogens with two attached hydrogens (primary N) is 2. The van der Waals surface area contributed by atoms with Crippen molar-refractivity contribution in [2.45, 2.75) is 51.7 Å². The molecule has 4 N–H and O–H groups in total. The van der Waals surface area contributed by atoms with Crippen LogP contribution in [0.3, 0.4) is 0 Å². The summed E-state index contributed by atoms with van der Waals surface area (Å²) in [5, 5.41) is 0. The Labute approximate surface area is 212 Å². The topological polar surface area (TPSA) is 123 Å². The Morgan fingerprint density at radius 2 is 0.917 bits per heavy atom. The van der Waals surface area contributed by atoms with Gasteiger partial charge >= 0.3 is 11.9 Å². The Morgan fingerprint density at radius 1 is 0.556 bits per heavy atom. The molecule has 2 aromatic rings. The van der Waals surface area contributed by atoms with Gasteiger partial charge in [0.05, 0.1) is 25.4 Å². The largest absolute Gasteiger partial charge is 0.474 e. The first-order valence-corrected chi connectivity index (χ1v) is 12.1. The van der Waals surface area contributed by atoms with Crippen molar-refractivity contribution in [1.29, 1.82) is 0 Å². The summed E-state index contributed by atoms with van der Waals surface area (Å²) >= 11 is 0. The molecule has 194 valence electrons. The Balaban J connectivity index is 1.42. The van der Waals surface area contributed by atoms with E-state index in [1.807, 2.05) is 60.7 Å². The number of hydrogen-bond donors (Lipinski definition) is 2. The molecule has 0 bridgehead atoms. The minimum Gasteiger partial charge on any atom is -0.474 e. The van der Waals surface area contributed by atoms with Crippen molar-refractivity contribution in [3.63, 3.8) is 0 Å². The summed E-state index contributed by atoms with van der Waals surface area (Å²) in [6, 6.07) is 19.1. The Bertz CT molecular complexity index is 881. The SMILES string of the molecule is NC(=CC(=O)OCCCCCCCCOC(=O)C=C(N)OCc1ccccc1)OCc1ccccc1. The van der Waals surface area contributed by atoms with Crippen molar-refractivity contribution in [2.75, 3.05) is 13.2 Å². The number of carbonyl (C=O) groups is 2. The summed E-state index contributed by atoms with van der Waals surface area (Å²) in [5.41, 5.74) is 13.3. The third-order valence-electron chi connectivity index (χ3n) is 5.04. The van der Waals surface area contributed by atoms with Gasteiger partial charge in [0, 0.05) is 0 Å². The standard InChI is InChI=1S/C28H36N2O6/c29-25(35-21-23-13-7-5-8-14-23)19-27(31)33-17-11-3-1-2-4-12-18-34-28(32)20-26(30)36-22-24-15-9-6-10-16-24/h5-10,13-16,19-20H,1-4,11-12,17-18,21-22,29-30H2. The van der Waals surface area contributed by atoms with E-state index < -0.39 is 11.9 Å². The van der Waals surface area contributed by atoms with Crippen LogP contribution in [0, 0.1) is 0 Å². The molecule has 8 heteroatoms. The second kappa shape index (κ2) is 17.5. The van der Waals surface area contributed by atoms with Crippen LogP contribution in [-0.4, -0.2) is 25.2 Å². The lowest BCUT2D eigenvalue weighted by Crippen LogP contribution is -2.09. The second-order valence-electron chi connectivity index (χ2n) is 8.10. The van der Waals surface area contributed by atoms with Crippen LogP contribution >= 0.6 is 0 Å². The maximum absolute atomic E-state index is 11.8. The molecule has 0 aliphatic rings. The van der Waals surface area contributed by atoms with Crippen LogP contribution in [0.25, 0.3) is 0 Å². The Kier molecular flexibility index (Phi) is 13.7. The number of hydrogen-bond acceptors (Lipinski definition) is 8. The van der Waals surface area contributed by atoms with Crippen molar-refractivity contribution in [3.8, 4) is 0 Å². The highest BCUT2D eigenvalue weighted by Gasteiger charge is 2.04. The summed E-state index contributed by atoms with van der Waals surface area (Å²) in [5.74, 6) is -0.963. The van der Waals surface area contributed by atoms with E-state index in [-0.39, 0.29) is 11.8 Å². The van der Waals surface area contributed by atoms with Gasteiger partial charge in [0.1, 0.15) is 13.2 Å². The van der Waals surface area contributed by atoms with Gasteiger partial charge in [-0.2, -0.15) is 0 Å². The van der Waals surface area contributed by atoms with Crippen LogP contribution in [0.2, 0.25) is 0 Å². The highest BCUT2D eigenvalue weighted by molar-refractivity contribution is 5.82. The molecule has 0 spiro atoms. The summed E-state index contributed by atoms with van der Waals surface area (Å²) in [6.45, 7) is 1.26. The van der Waals surface area contributed by atoms with Crippen molar-refractivity contribution < 1.29 is 28.5 Å². The molecule has 0 amide bonds. The van der Waals surface area contributed by atoms with Crippen molar-refractivity contribution in [3.05, 3.63) is 95.7 Å². The van der Waals surface area contributed by atoms with E-state index in [9.17, 15) is 9.59 Å². The molecule has 0 aliphatic carbocycles. The first kappa shape index (κ1) is 28.3. The highest BCUT2D eigenvalue weighted by atomic mass is 16.5. The summed E-state index contributed by atoms with van der Waals surface area (Å²) in [4.78, 5) is 23.6. The molecule has 8 nitrogen and oxygen atoms in total. The number of ether oxygens (including phenoxy) is 4. The van der Waals surface area contributed by atoms with Gasteiger partial charge in [0.2, 0.25) is 0 Å². The highest BCUT2D eigenvalue weighted by Crippen LogP contribution is 2.07. The first-order chi connectivity index (χ1) is 17.5. The van der Waals surface area contributed by atoms with Gasteiger partial charge in [-0.05, 0) is 24.0 Å². The molecule has 0 saturated heterocycles. The molecule has 0 saturated carbocycles. The van der Waals surface area contributed by atoms with Gasteiger partial charge in [-0.25, -0.2) is 9.59 Å². The van der Waals surface area contributed by atoms with Crippen molar-refractivity contribution in [1.82, 2.24) is 0 Å². The number of unbranched alkanes of at least 4 members (excludes halogenated alkanes) is 5. The van der Waals surface area contributed by atoms with Crippen LogP contribution in [0.4, 0.5) is 0 Å². The molecule has 0 heterocycles. The monoisotopic (exact) mass is 496 g/mol. The fourth-order valence-corrected chi connectivity index (χ4v) is 3.14. The van der Waals surface area contributed by atoms with E-state index in [0.717, 1.165) is 61.8 Å². The van der Waals surface area contributed by atoms with E-state index in [1.165, 1.54) is 0 Å². The van der Waals surface area contributed by atoms with Gasteiger partial charge in [0.25, 0.3) is 0 Å². The average molecular weight is 497 g/mol. The Hall–Kier alpha value is -3.94. The summed E-state index contributed by atoms with van der Waals surface area (Å²) in [7, 11) is 0. The normalized spacial score (nSPS) is 11.6. The number of esters is 2. The molecular weight excluding hydrogens is 460 g/mol. The maximum Gasteiger partial charge on any atom is 0.336 e. The predicted molar refractivity (Wildman–Crippen MR) is 137 cm³/mol. The molecule has 36 heavy (non-hydrogen) atoms. The molecule has 2 rings (SSSR count). The lowest BCUT2D eigenvalue weighted by molar-refractivity contribution is -0.139. The van der Waals surface area contributed by atoms with E-state index in [0.29, 0.717) is 26.4 Å². The van der Waals surface area contributed by atoms with Crippen molar-refractivity contribution >= 4 is 11.9 Å². The number of carbonyl (C=O) groups excluding carboxylic acids is 2. The minimum atomic E-state index is -0.512. The van der Waals surface area contributed by atoms with E-state index in [1.54, 1.807) is 0 Å². The number of benzene rings is 2. The molecule has 0 aliphatic heterocycles. The minimum absolute atomic E-state index is 0.0300. The predicted octanol–water partition coefficient (Wildman–Crippen LogP) is 4.45. The lowest BCUT2D eigenvalue weighted by atomic mass is 10.1. The fourth-order valence-electron chi connectivity index (χ4n) is 3.14. The van der Waals surface area contributed by atoms with Crippen molar-refractivity contribution in [2.24, 2.45) is 11.5 Å². The Morgan fingerprint density at radius 3 is 1.31 bits per heavy atom. The van der Waals surface area contributed by atoms with E-state index >= 15 is 0 Å². The molecule has 0 aromatic heterocycles. The molecule has 0 fully saturated rings. The van der Waals surface area contributed by atoms with Crippen LogP contribution < -0.4 is 11.5 Å². The van der Waals surface area contributed by atoms with E-state index in [2.05, 4.69) is 0 Å². The van der Waals surface area contributed by atoms with Crippen LogP contribution in [0.15, 0.2) is 84.6 Å². The summed E-state index contributed by atoms with van der Waals surface area (Å²) < 4.78 is 21.0. The van der Waals surface area contributed by atoms with E-state index in [4.69, 9.17) is 30.4 Å². The van der Waals surface area contributed by atoms with Gasteiger partial charge in [-0.1, -0.05) is 86.3 Å². The van der Waals surface area contributed by atoms with Gasteiger partial charge in [0.15, 0.2) is 11.8 Å². The third kappa shape index (κ3) is 13.7. The zero-order chi connectivity index (χ0) is 25.8. The van der Waals surface area contributed by atoms with Crippen LogP contribution in [-0.2, 0) is 41.8 Å². The van der Waals surface area contributed by atoms with Gasteiger partial charge in [-0.3, -0.25) is 0 Å². The number of rotatable bonds is 17. The second-order valence-corrected chi connectivity index (χ2v) is 8.10. The lowest BCUT2D eigenvalue weighted by Gasteiger charge is -2.07. The van der Waals surface area contributed by atoms with Gasteiger partial charge < -0.3 is 30.4 Å². The molecular formula is C28H36N2O6. The zero-order valence-electron chi connectivity index (χ0n) is 20.6. The zero-order valence-corrected chi connectivity index (χ0v) is 20.6. The fraction of sp³-hybridized carbons (Fsp3) is 0.357. The third-order valence-corrected chi connectivity index (χ3v) is 5.04. The molecule has 0 unspecified atom stereocenters. The average Bonchev–Trinajstić information content (AvgIpc) is 2.88. The van der Waals surface area contributed by atoms with Crippen LogP contribution in [0.1, 0.15) is 49.7 Å². The first-order valence-electron chi connectivity index (χ1n) is 12.1.